The van der Waals surface area contributed by atoms with Crippen LogP contribution in [0.4, 0.5) is 0 Å². The molecule has 1 fully saturated rings. The minimum absolute atomic E-state index is 0.0508. The second-order valence-electron chi connectivity index (χ2n) is 6.73. The number of hydrazine groups is 1. The molecule has 160 valence electrons. The van der Waals surface area contributed by atoms with E-state index in [2.05, 4.69) is 16.2 Å². The fourth-order valence-corrected chi connectivity index (χ4v) is 4.66. The van der Waals surface area contributed by atoms with Crippen LogP contribution in [0.15, 0.2) is 59.5 Å². The second kappa shape index (κ2) is 9.98. The molecule has 1 amide bonds. The van der Waals surface area contributed by atoms with Gasteiger partial charge in [-0.05, 0) is 42.9 Å². The van der Waals surface area contributed by atoms with Gasteiger partial charge in [-0.2, -0.15) is 4.31 Å². The first-order valence-corrected chi connectivity index (χ1v) is 11.3. The van der Waals surface area contributed by atoms with E-state index in [9.17, 15) is 13.2 Å². The smallest absolute Gasteiger partial charge is 0.269 e. The summed E-state index contributed by atoms with van der Waals surface area (Å²) in [5.41, 5.74) is 6.39. The molecule has 1 aliphatic rings. The molecule has 0 radical (unpaired) electrons. The Balaban J connectivity index is 1.59. The summed E-state index contributed by atoms with van der Waals surface area (Å²) < 4.78 is 32.1. The number of rotatable bonds is 5. The van der Waals surface area contributed by atoms with Crippen molar-refractivity contribution < 1.29 is 17.9 Å². The number of carbonyl (C=O) groups is 1. The molecule has 0 aliphatic carbocycles. The van der Waals surface area contributed by atoms with E-state index in [0.29, 0.717) is 26.3 Å². The molecule has 1 atom stereocenters. The van der Waals surface area contributed by atoms with Gasteiger partial charge >= 0.3 is 0 Å². The Hall–Kier alpha value is -2.53. The van der Waals surface area contributed by atoms with Crippen molar-refractivity contribution in [3.63, 3.8) is 0 Å². The Kier molecular flexibility index (Phi) is 7.38. The number of nitrogens with one attached hydrogen (secondary N) is 3. The monoisotopic (exact) mass is 448 g/mol. The molecular formula is C20H24N4O4S2. The number of hydrogen-bond acceptors (Lipinski definition) is 5. The predicted octanol–water partition coefficient (Wildman–Crippen LogP) is 1.58. The number of sulfonamides is 1. The SMILES string of the molecule is C[C@H](NC(=S)NNC(=O)c1cccc(S(=O)(=O)N2CCOCC2)c1)c1ccccc1. The van der Waals surface area contributed by atoms with Crippen LogP contribution in [0.3, 0.4) is 0 Å². The summed E-state index contributed by atoms with van der Waals surface area (Å²) in [6, 6.07) is 15.6. The van der Waals surface area contributed by atoms with Gasteiger partial charge in [0.15, 0.2) is 5.11 Å². The summed E-state index contributed by atoms with van der Waals surface area (Å²) in [7, 11) is -3.68. The fraction of sp³-hybridized carbons (Fsp3) is 0.300. The van der Waals surface area contributed by atoms with Gasteiger partial charge in [-0.25, -0.2) is 8.42 Å². The average Bonchev–Trinajstić information content (AvgIpc) is 2.78. The van der Waals surface area contributed by atoms with Gasteiger partial charge in [0.1, 0.15) is 0 Å². The van der Waals surface area contributed by atoms with E-state index >= 15 is 0 Å². The summed E-state index contributed by atoms with van der Waals surface area (Å²) in [4.78, 5) is 12.5. The van der Waals surface area contributed by atoms with Gasteiger partial charge < -0.3 is 10.1 Å². The van der Waals surface area contributed by atoms with Gasteiger partial charge in [0.2, 0.25) is 10.0 Å². The lowest BCUT2D eigenvalue weighted by Crippen LogP contribution is -2.47. The van der Waals surface area contributed by atoms with Crippen LogP contribution in [0.1, 0.15) is 28.9 Å². The van der Waals surface area contributed by atoms with Crippen molar-refractivity contribution in [2.45, 2.75) is 17.9 Å². The molecule has 30 heavy (non-hydrogen) atoms. The summed E-state index contributed by atoms with van der Waals surface area (Å²) in [6.45, 7) is 3.25. The molecule has 2 aromatic carbocycles. The van der Waals surface area contributed by atoms with E-state index in [1.807, 2.05) is 37.3 Å². The fourth-order valence-electron chi connectivity index (χ4n) is 2.98. The maximum atomic E-state index is 12.8. The molecular weight excluding hydrogens is 424 g/mol. The van der Waals surface area contributed by atoms with Crippen molar-refractivity contribution in [1.29, 1.82) is 0 Å². The van der Waals surface area contributed by atoms with Gasteiger partial charge in [0.25, 0.3) is 5.91 Å². The third-order valence-corrected chi connectivity index (χ3v) is 6.76. The number of benzene rings is 2. The quantitative estimate of drug-likeness (QED) is 0.472. The normalized spacial score (nSPS) is 15.8. The molecule has 0 bridgehead atoms. The van der Waals surface area contributed by atoms with Gasteiger partial charge in [-0.3, -0.25) is 15.6 Å². The number of nitrogens with zero attached hydrogens (tertiary/aromatic N) is 1. The summed E-state index contributed by atoms with van der Waals surface area (Å²) in [5.74, 6) is -0.495. The minimum atomic E-state index is -3.68. The summed E-state index contributed by atoms with van der Waals surface area (Å²) in [6.07, 6.45) is 0. The van der Waals surface area contributed by atoms with Crippen molar-refractivity contribution in [1.82, 2.24) is 20.5 Å². The Morgan fingerprint density at radius 2 is 1.77 bits per heavy atom. The first-order chi connectivity index (χ1) is 14.4. The molecule has 8 nitrogen and oxygen atoms in total. The van der Waals surface area contributed by atoms with Crippen molar-refractivity contribution in [2.24, 2.45) is 0 Å². The first kappa shape index (κ1) is 22.2. The highest BCUT2D eigenvalue weighted by atomic mass is 32.2. The van der Waals surface area contributed by atoms with Crippen LogP contribution < -0.4 is 16.2 Å². The molecule has 1 heterocycles. The Bertz CT molecular complexity index is 993. The minimum Gasteiger partial charge on any atom is -0.379 e. The van der Waals surface area contributed by atoms with Gasteiger partial charge in [0, 0.05) is 18.7 Å². The number of ether oxygens (including phenoxy) is 1. The van der Waals surface area contributed by atoms with Gasteiger partial charge in [0.05, 0.1) is 24.2 Å². The van der Waals surface area contributed by atoms with E-state index in [4.69, 9.17) is 17.0 Å². The van der Waals surface area contributed by atoms with E-state index < -0.39 is 15.9 Å². The van der Waals surface area contributed by atoms with Gasteiger partial charge in [-0.15, -0.1) is 0 Å². The maximum absolute atomic E-state index is 12.8. The molecule has 0 spiro atoms. The maximum Gasteiger partial charge on any atom is 0.269 e. The van der Waals surface area contributed by atoms with Crippen LogP contribution in [-0.4, -0.2) is 50.0 Å². The van der Waals surface area contributed by atoms with E-state index in [0.717, 1.165) is 5.56 Å². The largest absolute Gasteiger partial charge is 0.379 e. The lowest BCUT2D eigenvalue weighted by atomic mass is 10.1. The summed E-state index contributed by atoms with van der Waals surface area (Å²) in [5, 5.41) is 3.32. The van der Waals surface area contributed by atoms with E-state index in [-0.39, 0.29) is 21.6 Å². The lowest BCUT2D eigenvalue weighted by molar-refractivity contribution is 0.0730. The number of hydrogen-bond donors (Lipinski definition) is 3. The first-order valence-electron chi connectivity index (χ1n) is 9.47. The molecule has 2 aromatic rings. The van der Waals surface area contributed by atoms with Gasteiger partial charge in [-0.1, -0.05) is 36.4 Å². The molecule has 10 heteroatoms. The van der Waals surface area contributed by atoms with Crippen LogP contribution in [-0.2, 0) is 14.8 Å². The van der Waals surface area contributed by atoms with E-state index in [1.165, 1.54) is 22.5 Å². The third kappa shape index (κ3) is 5.54. The molecule has 0 aromatic heterocycles. The van der Waals surface area contributed by atoms with Crippen molar-refractivity contribution in [3.05, 3.63) is 65.7 Å². The standard InChI is InChI=1S/C20H24N4O4S2/c1-15(16-6-3-2-4-7-16)21-20(29)23-22-19(25)17-8-5-9-18(14-17)30(26,27)24-10-12-28-13-11-24/h2-9,14-15H,10-13H2,1H3,(H,22,25)(H2,21,23,29)/t15-/m0/s1. The number of carbonyl (C=O) groups excluding carboxylic acids is 1. The Morgan fingerprint density at radius 1 is 1.07 bits per heavy atom. The highest BCUT2D eigenvalue weighted by Gasteiger charge is 2.26. The molecule has 0 saturated carbocycles. The number of morpholine rings is 1. The zero-order chi connectivity index (χ0) is 21.6. The zero-order valence-corrected chi connectivity index (χ0v) is 18.1. The zero-order valence-electron chi connectivity index (χ0n) is 16.5. The van der Waals surface area contributed by atoms with Crippen LogP contribution in [0.2, 0.25) is 0 Å². The van der Waals surface area contributed by atoms with Crippen LogP contribution in [0.25, 0.3) is 0 Å². The third-order valence-electron chi connectivity index (χ3n) is 4.64. The lowest BCUT2D eigenvalue weighted by Gasteiger charge is -2.26. The highest BCUT2D eigenvalue weighted by Crippen LogP contribution is 2.18. The number of thiocarbonyl (C=S) groups is 1. The summed E-state index contributed by atoms with van der Waals surface area (Å²) >= 11 is 5.22. The molecule has 0 unspecified atom stereocenters. The molecule has 1 aliphatic heterocycles. The van der Waals surface area contributed by atoms with Crippen LogP contribution >= 0.6 is 12.2 Å². The van der Waals surface area contributed by atoms with E-state index in [1.54, 1.807) is 6.07 Å². The van der Waals surface area contributed by atoms with Crippen molar-refractivity contribution in [3.8, 4) is 0 Å². The van der Waals surface area contributed by atoms with Crippen molar-refractivity contribution >= 4 is 33.3 Å². The highest BCUT2D eigenvalue weighted by molar-refractivity contribution is 7.89. The topological polar surface area (TPSA) is 99.8 Å². The average molecular weight is 449 g/mol. The predicted molar refractivity (Wildman–Crippen MR) is 117 cm³/mol. The Morgan fingerprint density at radius 3 is 2.47 bits per heavy atom. The van der Waals surface area contributed by atoms with Crippen LogP contribution in [0, 0.1) is 0 Å². The molecule has 3 rings (SSSR count). The van der Waals surface area contributed by atoms with Crippen molar-refractivity contribution in [2.75, 3.05) is 26.3 Å². The molecule has 3 N–H and O–H groups in total. The number of amides is 1. The Labute approximate surface area is 181 Å². The molecule has 1 saturated heterocycles. The second-order valence-corrected chi connectivity index (χ2v) is 9.08. The van der Waals surface area contributed by atoms with Crippen LogP contribution in [0.5, 0.6) is 0 Å².